The zero-order valence-corrected chi connectivity index (χ0v) is 15.7. The van der Waals surface area contributed by atoms with E-state index in [0.29, 0.717) is 0 Å². The average Bonchev–Trinajstić information content (AvgIpc) is 3.38. The normalized spacial score (nSPS) is 17.2. The smallest absolute Gasteiger partial charge is 0.254 e. The molecular weight excluding hydrogens is 338 g/mol. The van der Waals surface area contributed by atoms with Gasteiger partial charge in [-0.25, -0.2) is 4.98 Å². The molecule has 1 aliphatic heterocycles. The molecule has 1 saturated heterocycles. The molecule has 0 aliphatic carbocycles. The van der Waals surface area contributed by atoms with Gasteiger partial charge in [-0.05, 0) is 56.9 Å². The molecule has 3 heterocycles. The maximum atomic E-state index is 13.1. The number of amides is 1. The third-order valence-electron chi connectivity index (χ3n) is 5.45. The Kier molecular flexibility index (Phi) is 5.10. The van der Waals surface area contributed by atoms with E-state index in [-0.39, 0.29) is 11.9 Å². The van der Waals surface area contributed by atoms with Gasteiger partial charge in [0.2, 0.25) is 0 Å². The summed E-state index contributed by atoms with van der Waals surface area (Å²) in [6.45, 7) is 3.76. The molecule has 0 spiro atoms. The number of furan rings is 1. The number of hydrogen-bond donors (Lipinski definition) is 0. The summed E-state index contributed by atoms with van der Waals surface area (Å²) in [4.78, 5) is 19.5. The van der Waals surface area contributed by atoms with Crippen molar-refractivity contribution < 1.29 is 9.21 Å². The highest BCUT2D eigenvalue weighted by atomic mass is 16.3. The Bertz CT molecular complexity index is 881. The van der Waals surface area contributed by atoms with Crippen molar-refractivity contribution >= 4 is 5.91 Å². The molecule has 3 aromatic rings. The fourth-order valence-corrected chi connectivity index (χ4v) is 3.88. The van der Waals surface area contributed by atoms with Crippen LogP contribution < -0.4 is 0 Å². The number of aromatic nitrogens is 2. The standard InChI is InChI=1S/C22H25N3O2/c1-17-23-12-15-24(17)14-11-20-5-2-3-13-25(20)22(26)19-9-7-18(8-10-19)21-6-4-16-27-21/h4,6-10,12,15-16,20H,2-3,5,11,13-14H2,1H3. The first-order valence-electron chi connectivity index (χ1n) is 9.65. The molecular formula is C22H25N3O2. The summed E-state index contributed by atoms with van der Waals surface area (Å²) < 4.78 is 7.59. The number of imidazole rings is 1. The number of nitrogens with zero attached hydrogens (tertiary/aromatic N) is 3. The van der Waals surface area contributed by atoms with E-state index in [9.17, 15) is 4.79 Å². The lowest BCUT2D eigenvalue weighted by Gasteiger charge is -2.36. The van der Waals surface area contributed by atoms with E-state index < -0.39 is 0 Å². The van der Waals surface area contributed by atoms with Crippen LogP contribution in [0, 0.1) is 6.92 Å². The minimum atomic E-state index is 0.132. The first kappa shape index (κ1) is 17.6. The molecule has 140 valence electrons. The van der Waals surface area contributed by atoms with E-state index in [4.69, 9.17) is 4.42 Å². The number of carbonyl (C=O) groups is 1. The summed E-state index contributed by atoms with van der Waals surface area (Å²) in [7, 11) is 0. The molecule has 1 unspecified atom stereocenters. The fourth-order valence-electron chi connectivity index (χ4n) is 3.88. The molecule has 1 aliphatic rings. The maximum absolute atomic E-state index is 13.1. The van der Waals surface area contributed by atoms with Crippen LogP contribution in [0.4, 0.5) is 0 Å². The van der Waals surface area contributed by atoms with Crippen molar-refractivity contribution in [3.63, 3.8) is 0 Å². The first-order chi connectivity index (χ1) is 13.2. The molecule has 4 rings (SSSR count). The number of hydrogen-bond acceptors (Lipinski definition) is 3. The number of likely N-dealkylation sites (tertiary alicyclic amines) is 1. The van der Waals surface area contributed by atoms with Crippen LogP contribution in [0.25, 0.3) is 11.3 Å². The Morgan fingerprint density at radius 1 is 1.22 bits per heavy atom. The van der Waals surface area contributed by atoms with Crippen LogP contribution in [0.5, 0.6) is 0 Å². The van der Waals surface area contributed by atoms with Gasteiger partial charge in [-0.1, -0.05) is 12.1 Å². The van der Waals surface area contributed by atoms with Crippen molar-refractivity contribution in [1.29, 1.82) is 0 Å². The Hall–Kier alpha value is -2.82. The van der Waals surface area contributed by atoms with E-state index in [2.05, 4.69) is 14.5 Å². The molecule has 5 nitrogen and oxygen atoms in total. The predicted octanol–water partition coefficient (Wildman–Crippen LogP) is 4.54. The topological polar surface area (TPSA) is 51.3 Å². The molecule has 0 N–H and O–H groups in total. The van der Waals surface area contributed by atoms with E-state index >= 15 is 0 Å². The lowest BCUT2D eigenvalue weighted by atomic mass is 9.97. The van der Waals surface area contributed by atoms with Crippen LogP contribution in [0.2, 0.25) is 0 Å². The molecule has 5 heteroatoms. The minimum absolute atomic E-state index is 0.132. The van der Waals surface area contributed by atoms with Gasteiger partial charge in [0.05, 0.1) is 6.26 Å². The van der Waals surface area contributed by atoms with Gasteiger partial charge in [0.25, 0.3) is 5.91 Å². The second-order valence-corrected chi connectivity index (χ2v) is 7.16. The first-order valence-corrected chi connectivity index (χ1v) is 9.65. The SMILES string of the molecule is Cc1nccn1CCC1CCCCN1C(=O)c1ccc(-c2ccco2)cc1. The van der Waals surface area contributed by atoms with Crippen molar-refractivity contribution in [3.8, 4) is 11.3 Å². The highest BCUT2D eigenvalue weighted by Crippen LogP contribution is 2.25. The Labute approximate surface area is 159 Å². The quantitative estimate of drug-likeness (QED) is 0.669. The summed E-state index contributed by atoms with van der Waals surface area (Å²) in [6, 6.07) is 11.8. The number of aryl methyl sites for hydroxylation is 2. The molecule has 0 saturated carbocycles. The van der Waals surface area contributed by atoms with Crippen LogP contribution in [0.1, 0.15) is 41.9 Å². The van der Waals surface area contributed by atoms with E-state index in [1.165, 1.54) is 6.42 Å². The molecule has 27 heavy (non-hydrogen) atoms. The fraction of sp³-hybridized carbons (Fsp3) is 0.364. The Balaban J connectivity index is 1.46. The van der Waals surface area contributed by atoms with Gasteiger partial charge in [-0.2, -0.15) is 0 Å². The molecule has 0 bridgehead atoms. The molecule has 1 atom stereocenters. The third-order valence-corrected chi connectivity index (χ3v) is 5.45. The zero-order chi connectivity index (χ0) is 18.6. The molecule has 1 fully saturated rings. The van der Waals surface area contributed by atoms with Gasteiger partial charge in [-0.15, -0.1) is 0 Å². The third kappa shape index (κ3) is 3.82. The Morgan fingerprint density at radius 3 is 2.78 bits per heavy atom. The number of rotatable bonds is 5. The van der Waals surface area contributed by atoms with Crippen molar-refractivity contribution in [2.24, 2.45) is 0 Å². The minimum Gasteiger partial charge on any atom is -0.464 e. The van der Waals surface area contributed by atoms with Crippen LogP contribution in [-0.4, -0.2) is 32.9 Å². The molecule has 1 amide bonds. The second kappa shape index (κ2) is 7.82. The van der Waals surface area contributed by atoms with Gasteiger partial charge in [0, 0.05) is 42.7 Å². The van der Waals surface area contributed by atoms with Crippen molar-refractivity contribution in [3.05, 3.63) is 66.4 Å². The second-order valence-electron chi connectivity index (χ2n) is 7.16. The zero-order valence-electron chi connectivity index (χ0n) is 15.7. The predicted molar refractivity (Wildman–Crippen MR) is 104 cm³/mol. The Morgan fingerprint density at radius 2 is 2.07 bits per heavy atom. The van der Waals surface area contributed by atoms with Crippen LogP contribution in [0.3, 0.4) is 0 Å². The van der Waals surface area contributed by atoms with Crippen molar-refractivity contribution in [2.75, 3.05) is 6.54 Å². The van der Waals surface area contributed by atoms with Crippen LogP contribution in [0.15, 0.2) is 59.5 Å². The highest BCUT2D eigenvalue weighted by molar-refractivity contribution is 5.95. The average molecular weight is 363 g/mol. The van der Waals surface area contributed by atoms with Gasteiger partial charge in [0.15, 0.2) is 0 Å². The lowest BCUT2D eigenvalue weighted by molar-refractivity contribution is 0.0595. The number of benzene rings is 1. The summed E-state index contributed by atoms with van der Waals surface area (Å²) in [5, 5.41) is 0. The number of carbonyl (C=O) groups excluding carboxylic acids is 1. The summed E-state index contributed by atoms with van der Waals surface area (Å²) in [5.74, 6) is 1.98. The number of piperidine rings is 1. The largest absolute Gasteiger partial charge is 0.464 e. The monoisotopic (exact) mass is 363 g/mol. The summed E-state index contributed by atoms with van der Waals surface area (Å²) in [5.41, 5.74) is 1.73. The maximum Gasteiger partial charge on any atom is 0.254 e. The molecule has 0 radical (unpaired) electrons. The van der Waals surface area contributed by atoms with Crippen molar-refractivity contribution in [1.82, 2.24) is 14.5 Å². The highest BCUT2D eigenvalue weighted by Gasteiger charge is 2.27. The van der Waals surface area contributed by atoms with E-state index in [1.807, 2.05) is 55.7 Å². The van der Waals surface area contributed by atoms with Crippen LogP contribution in [-0.2, 0) is 6.54 Å². The van der Waals surface area contributed by atoms with E-state index in [1.54, 1.807) is 6.26 Å². The van der Waals surface area contributed by atoms with E-state index in [0.717, 1.165) is 55.1 Å². The molecule has 2 aromatic heterocycles. The van der Waals surface area contributed by atoms with Gasteiger partial charge >= 0.3 is 0 Å². The lowest BCUT2D eigenvalue weighted by Crippen LogP contribution is -2.44. The van der Waals surface area contributed by atoms with Gasteiger partial charge in [0.1, 0.15) is 11.6 Å². The van der Waals surface area contributed by atoms with Gasteiger partial charge in [-0.3, -0.25) is 4.79 Å². The van der Waals surface area contributed by atoms with Crippen LogP contribution >= 0.6 is 0 Å². The van der Waals surface area contributed by atoms with Gasteiger partial charge < -0.3 is 13.9 Å². The molecule has 1 aromatic carbocycles. The summed E-state index contributed by atoms with van der Waals surface area (Å²) >= 11 is 0. The summed E-state index contributed by atoms with van der Waals surface area (Å²) in [6.07, 6.45) is 9.81. The van der Waals surface area contributed by atoms with Crippen molar-refractivity contribution in [2.45, 2.75) is 45.2 Å².